The number of carbonyl (C=O) groups is 1. The van der Waals surface area contributed by atoms with Gasteiger partial charge < -0.3 is 0 Å². The fourth-order valence-electron chi connectivity index (χ4n) is 2.58. The highest BCUT2D eigenvalue weighted by molar-refractivity contribution is 8.00. The summed E-state index contributed by atoms with van der Waals surface area (Å²) in [6.07, 6.45) is 0.729. The molecule has 0 aliphatic heterocycles. The summed E-state index contributed by atoms with van der Waals surface area (Å²) in [5.74, 6) is 0.188. The van der Waals surface area contributed by atoms with E-state index < -0.39 is 0 Å². The maximum atomic E-state index is 13.0. The Morgan fingerprint density at radius 2 is 1.42 bits per heavy atom. The van der Waals surface area contributed by atoms with Gasteiger partial charge >= 0.3 is 0 Å². The molecule has 1 unspecified atom stereocenters. The summed E-state index contributed by atoms with van der Waals surface area (Å²) < 4.78 is 0. The second-order valence-electron chi connectivity index (χ2n) is 5.84. The quantitative estimate of drug-likeness (QED) is 0.433. The van der Waals surface area contributed by atoms with Gasteiger partial charge in [0.15, 0.2) is 5.78 Å². The highest BCUT2D eigenvalue weighted by atomic mass is 32.2. The van der Waals surface area contributed by atoms with Crippen molar-refractivity contribution in [3.63, 3.8) is 0 Å². The van der Waals surface area contributed by atoms with Crippen LogP contribution >= 0.6 is 11.8 Å². The SMILES string of the molecule is Cc1ccc(C(=O)C(Cc2ccccc2)Sc2ccccc2)cc1. The molecule has 0 fully saturated rings. The van der Waals surface area contributed by atoms with E-state index in [2.05, 4.69) is 24.3 Å². The normalized spacial score (nSPS) is 11.9. The van der Waals surface area contributed by atoms with E-state index in [9.17, 15) is 4.79 Å². The van der Waals surface area contributed by atoms with Crippen molar-refractivity contribution in [3.05, 3.63) is 102 Å². The van der Waals surface area contributed by atoms with E-state index in [-0.39, 0.29) is 11.0 Å². The zero-order valence-electron chi connectivity index (χ0n) is 13.7. The molecule has 2 heteroatoms. The van der Waals surface area contributed by atoms with Gasteiger partial charge in [0.2, 0.25) is 0 Å². The third kappa shape index (κ3) is 4.36. The van der Waals surface area contributed by atoms with Gasteiger partial charge in [0.05, 0.1) is 5.25 Å². The first-order chi connectivity index (χ1) is 11.7. The van der Waals surface area contributed by atoms with Crippen molar-refractivity contribution in [1.82, 2.24) is 0 Å². The van der Waals surface area contributed by atoms with Crippen molar-refractivity contribution in [2.24, 2.45) is 0 Å². The average Bonchev–Trinajstić information content (AvgIpc) is 2.63. The zero-order chi connectivity index (χ0) is 16.8. The number of hydrogen-bond acceptors (Lipinski definition) is 2. The van der Waals surface area contributed by atoms with Crippen molar-refractivity contribution >= 4 is 17.5 Å². The third-order valence-corrected chi connectivity index (χ3v) is 5.12. The summed E-state index contributed by atoms with van der Waals surface area (Å²) in [6, 6.07) is 28.2. The maximum absolute atomic E-state index is 13.0. The lowest BCUT2D eigenvalue weighted by Crippen LogP contribution is -2.20. The minimum atomic E-state index is -0.127. The molecule has 0 N–H and O–H groups in total. The second-order valence-corrected chi connectivity index (χ2v) is 7.12. The summed E-state index contributed by atoms with van der Waals surface area (Å²) in [5, 5.41) is -0.127. The molecular formula is C22H20OS. The van der Waals surface area contributed by atoms with Crippen molar-refractivity contribution in [1.29, 1.82) is 0 Å². The Balaban J connectivity index is 1.85. The van der Waals surface area contributed by atoms with Gasteiger partial charge in [-0.25, -0.2) is 0 Å². The number of thioether (sulfide) groups is 1. The van der Waals surface area contributed by atoms with E-state index in [1.807, 2.05) is 67.6 Å². The monoisotopic (exact) mass is 332 g/mol. The lowest BCUT2D eigenvalue weighted by atomic mass is 10.0. The van der Waals surface area contributed by atoms with Gasteiger partial charge in [0.25, 0.3) is 0 Å². The molecule has 3 rings (SSSR count). The molecule has 1 atom stereocenters. The predicted molar refractivity (Wildman–Crippen MR) is 102 cm³/mol. The molecule has 0 aromatic heterocycles. The number of benzene rings is 3. The van der Waals surface area contributed by atoms with Gasteiger partial charge in [-0.2, -0.15) is 0 Å². The van der Waals surface area contributed by atoms with Crippen LogP contribution in [-0.4, -0.2) is 11.0 Å². The van der Waals surface area contributed by atoms with Crippen LogP contribution < -0.4 is 0 Å². The molecule has 0 radical (unpaired) electrons. The summed E-state index contributed by atoms with van der Waals surface area (Å²) in [5.41, 5.74) is 3.14. The van der Waals surface area contributed by atoms with E-state index in [0.717, 1.165) is 16.9 Å². The Morgan fingerprint density at radius 3 is 2.04 bits per heavy atom. The zero-order valence-corrected chi connectivity index (χ0v) is 14.5. The van der Waals surface area contributed by atoms with Crippen LogP contribution in [0.2, 0.25) is 0 Å². The standard InChI is InChI=1S/C22H20OS/c1-17-12-14-19(15-13-17)22(23)21(16-18-8-4-2-5-9-18)24-20-10-6-3-7-11-20/h2-15,21H,16H2,1H3. The smallest absolute Gasteiger partial charge is 0.176 e. The maximum Gasteiger partial charge on any atom is 0.176 e. The second kappa shape index (κ2) is 7.98. The number of carbonyl (C=O) groups excluding carboxylic acids is 1. The van der Waals surface area contributed by atoms with Crippen LogP contribution in [0.25, 0.3) is 0 Å². The summed E-state index contributed by atoms with van der Waals surface area (Å²) in [7, 11) is 0. The Hall–Kier alpha value is -2.32. The first-order valence-electron chi connectivity index (χ1n) is 8.09. The highest BCUT2D eigenvalue weighted by Gasteiger charge is 2.21. The van der Waals surface area contributed by atoms with Gasteiger partial charge in [-0.15, -0.1) is 11.8 Å². The van der Waals surface area contributed by atoms with E-state index in [4.69, 9.17) is 0 Å². The average molecular weight is 332 g/mol. The van der Waals surface area contributed by atoms with Crippen molar-refractivity contribution in [3.8, 4) is 0 Å². The van der Waals surface area contributed by atoms with Crippen LogP contribution in [-0.2, 0) is 6.42 Å². The number of aryl methyl sites for hydroxylation is 1. The van der Waals surface area contributed by atoms with Crippen LogP contribution in [0.1, 0.15) is 21.5 Å². The topological polar surface area (TPSA) is 17.1 Å². The largest absolute Gasteiger partial charge is 0.293 e. The first kappa shape index (κ1) is 16.5. The Bertz CT molecular complexity index is 738. The van der Waals surface area contributed by atoms with Crippen LogP contribution in [0, 0.1) is 6.92 Å². The molecule has 0 heterocycles. The predicted octanol–water partition coefficient (Wildman–Crippen LogP) is 5.58. The third-order valence-electron chi connectivity index (χ3n) is 3.91. The molecule has 0 aliphatic carbocycles. The molecule has 0 saturated heterocycles. The summed E-state index contributed by atoms with van der Waals surface area (Å²) >= 11 is 1.64. The number of Topliss-reactive ketones (excluding diaryl/α,β-unsaturated/α-hetero) is 1. The van der Waals surface area contributed by atoms with Gasteiger partial charge in [0, 0.05) is 10.5 Å². The molecule has 3 aromatic carbocycles. The van der Waals surface area contributed by atoms with E-state index in [1.54, 1.807) is 11.8 Å². The molecule has 3 aromatic rings. The minimum absolute atomic E-state index is 0.127. The van der Waals surface area contributed by atoms with Crippen molar-refractivity contribution in [2.45, 2.75) is 23.5 Å². The van der Waals surface area contributed by atoms with E-state index >= 15 is 0 Å². The van der Waals surface area contributed by atoms with Crippen LogP contribution in [0.4, 0.5) is 0 Å². The molecule has 1 nitrogen and oxygen atoms in total. The first-order valence-corrected chi connectivity index (χ1v) is 8.97. The molecule has 0 amide bonds. The van der Waals surface area contributed by atoms with Gasteiger partial charge in [-0.05, 0) is 31.0 Å². The van der Waals surface area contributed by atoms with Gasteiger partial charge in [0.1, 0.15) is 0 Å². The Kier molecular flexibility index (Phi) is 5.50. The molecular weight excluding hydrogens is 312 g/mol. The van der Waals surface area contributed by atoms with Gasteiger partial charge in [-0.1, -0.05) is 78.4 Å². The summed E-state index contributed by atoms with van der Waals surface area (Å²) in [4.78, 5) is 14.2. The van der Waals surface area contributed by atoms with Crippen LogP contribution in [0.5, 0.6) is 0 Å². The molecule has 0 bridgehead atoms. The number of hydrogen-bond donors (Lipinski definition) is 0. The molecule has 120 valence electrons. The fourth-order valence-corrected chi connectivity index (χ4v) is 3.74. The molecule has 0 saturated carbocycles. The summed E-state index contributed by atoms with van der Waals surface area (Å²) in [6.45, 7) is 2.04. The lowest BCUT2D eigenvalue weighted by Gasteiger charge is -2.16. The molecule has 24 heavy (non-hydrogen) atoms. The number of ketones is 1. The van der Waals surface area contributed by atoms with Crippen molar-refractivity contribution < 1.29 is 4.79 Å². The van der Waals surface area contributed by atoms with Crippen LogP contribution in [0.3, 0.4) is 0 Å². The minimum Gasteiger partial charge on any atom is -0.293 e. The van der Waals surface area contributed by atoms with Gasteiger partial charge in [-0.3, -0.25) is 4.79 Å². The van der Waals surface area contributed by atoms with Crippen molar-refractivity contribution in [2.75, 3.05) is 0 Å². The Morgan fingerprint density at radius 1 is 0.833 bits per heavy atom. The molecule has 0 spiro atoms. The lowest BCUT2D eigenvalue weighted by molar-refractivity contribution is 0.0989. The van der Waals surface area contributed by atoms with Crippen LogP contribution in [0.15, 0.2) is 89.8 Å². The van der Waals surface area contributed by atoms with E-state index in [0.29, 0.717) is 0 Å². The fraction of sp³-hybridized carbons (Fsp3) is 0.136. The highest BCUT2D eigenvalue weighted by Crippen LogP contribution is 2.28. The Labute approximate surface area is 147 Å². The number of rotatable bonds is 6. The molecule has 0 aliphatic rings. The van der Waals surface area contributed by atoms with E-state index in [1.165, 1.54) is 11.1 Å².